The monoisotopic (exact) mass is 571 g/mol. The van der Waals surface area contributed by atoms with E-state index in [2.05, 4.69) is 5.32 Å². The summed E-state index contributed by atoms with van der Waals surface area (Å²) in [6.07, 6.45) is 7.46. The lowest BCUT2D eigenvalue weighted by Crippen LogP contribution is -2.51. The van der Waals surface area contributed by atoms with Gasteiger partial charge in [-0.05, 0) is 80.5 Å². The van der Waals surface area contributed by atoms with Gasteiger partial charge in [-0.15, -0.1) is 0 Å². The summed E-state index contributed by atoms with van der Waals surface area (Å²) in [7, 11) is -1.94. The van der Waals surface area contributed by atoms with E-state index in [-0.39, 0.29) is 37.4 Å². The predicted octanol–water partition coefficient (Wildman–Crippen LogP) is 5.11. The van der Waals surface area contributed by atoms with Crippen molar-refractivity contribution in [3.63, 3.8) is 0 Å². The highest BCUT2D eigenvalue weighted by molar-refractivity contribution is 7.92. The molecule has 1 aliphatic rings. The first-order valence-corrected chi connectivity index (χ1v) is 16.2. The van der Waals surface area contributed by atoms with E-state index in [9.17, 15) is 18.0 Å². The summed E-state index contributed by atoms with van der Waals surface area (Å²) in [5.41, 5.74) is 3.44. The number of amides is 2. The van der Waals surface area contributed by atoms with E-state index < -0.39 is 16.1 Å². The topological polar surface area (TPSA) is 96.0 Å². The summed E-state index contributed by atoms with van der Waals surface area (Å²) in [6, 6.07) is 12.7. The molecule has 1 atom stereocenters. The highest BCUT2D eigenvalue weighted by Gasteiger charge is 2.30. The number of nitrogens with one attached hydrogen (secondary N) is 1. The zero-order chi connectivity index (χ0) is 29.3. The zero-order valence-corrected chi connectivity index (χ0v) is 25.4. The third-order valence-electron chi connectivity index (χ3n) is 7.50. The second kappa shape index (κ2) is 14.5. The first-order chi connectivity index (χ1) is 19.0. The Balaban J connectivity index is 1.77. The largest absolute Gasteiger partial charge is 0.497 e. The lowest BCUT2D eigenvalue weighted by Gasteiger charge is -2.33. The molecule has 0 aliphatic heterocycles. The fourth-order valence-corrected chi connectivity index (χ4v) is 6.44. The Morgan fingerprint density at radius 3 is 2.20 bits per heavy atom. The first-order valence-electron chi connectivity index (χ1n) is 14.3. The summed E-state index contributed by atoms with van der Waals surface area (Å²) in [6.45, 7) is 6.24. The second-order valence-corrected chi connectivity index (χ2v) is 12.8. The van der Waals surface area contributed by atoms with Gasteiger partial charge in [-0.2, -0.15) is 0 Å². The number of nitrogens with zero attached hydrogens (tertiary/aromatic N) is 2. The van der Waals surface area contributed by atoms with Gasteiger partial charge in [-0.3, -0.25) is 13.9 Å². The quantitative estimate of drug-likeness (QED) is 0.360. The molecule has 0 saturated heterocycles. The van der Waals surface area contributed by atoms with Crippen molar-refractivity contribution in [2.75, 3.05) is 24.2 Å². The molecule has 1 fully saturated rings. The third-order valence-corrected chi connectivity index (χ3v) is 8.69. The molecule has 2 amide bonds. The van der Waals surface area contributed by atoms with Crippen molar-refractivity contribution >= 4 is 27.5 Å². The van der Waals surface area contributed by atoms with Crippen LogP contribution in [-0.4, -0.2) is 57.1 Å². The third kappa shape index (κ3) is 8.98. The van der Waals surface area contributed by atoms with Crippen LogP contribution in [0.25, 0.3) is 0 Å². The van der Waals surface area contributed by atoms with Gasteiger partial charge >= 0.3 is 0 Å². The lowest BCUT2D eigenvalue weighted by molar-refractivity contribution is -0.141. The van der Waals surface area contributed by atoms with Gasteiger partial charge in [0.25, 0.3) is 0 Å². The van der Waals surface area contributed by atoms with Gasteiger partial charge in [-0.25, -0.2) is 8.42 Å². The molecule has 0 heterocycles. The molecule has 1 saturated carbocycles. The van der Waals surface area contributed by atoms with Crippen molar-refractivity contribution in [2.24, 2.45) is 0 Å². The van der Waals surface area contributed by atoms with E-state index in [1.54, 1.807) is 12.0 Å². The number of hydrogen-bond acceptors (Lipinski definition) is 5. The Morgan fingerprint density at radius 2 is 1.65 bits per heavy atom. The number of carbonyl (C=O) groups excluding carboxylic acids is 2. The minimum atomic E-state index is -3.54. The number of ether oxygens (including phenoxy) is 1. The zero-order valence-electron chi connectivity index (χ0n) is 24.6. The number of carbonyl (C=O) groups is 2. The van der Waals surface area contributed by atoms with Crippen LogP contribution in [0, 0.1) is 13.8 Å². The average Bonchev–Trinajstić information content (AvgIpc) is 2.90. The van der Waals surface area contributed by atoms with Gasteiger partial charge < -0.3 is 15.0 Å². The van der Waals surface area contributed by atoms with Crippen LogP contribution in [0.4, 0.5) is 5.69 Å². The number of sulfonamides is 1. The minimum absolute atomic E-state index is 0.121. The number of rotatable bonds is 13. The maximum atomic E-state index is 13.7. The first kappa shape index (κ1) is 31.5. The molecule has 0 unspecified atom stereocenters. The number of anilines is 1. The van der Waals surface area contributed by atoms with Crippen LogP contribution < -0.4 is 14.4 Å². The Morgan fingerprint density at radius 1 is 1.02 bits per heavy atom. The van der Waals surface area contributed by atoms with Gasteiger partial charge in [0.2, 0.25) is 21.8 Å². The van der Waals surface area contributed by atoms with Gasteiger partial charge in [-0.1, -0.05) is 44.4 Å². The molecule has 0 spiro atoms. The fourth-order valence-electron chi connectivity index (χ4n) is 5.49. The molecule has 220 valence electrons. The van der Waals surface area contributed by atoms with Gasteiger partial charge in [0.15, 0.2) is 0 Å². The molecule has 40 heavy (non-hydrogen) atoms. The highest BCUT2D eigenvalue weighted by Crippen LogP contribution is 2.23. The van der Waals surface area contributed by atoms with E-state index in [1.807, 2.05) is 63.2 Å². The minimum Gasteiger partial charge on any atom is -0.497 e. The predicted molar refractivity (Wildman–Crippen MR) is 160 cm³/mol. The van der Waals surface area contributed by atoms with E-state index in [4.69, 9.17) is 4.74 Å². The van der Waals surface area contributed by atoms with E-state index >= 15 is 0 Å². The molecule has 0 aromatic heterocycles. The van der Waals surface area contributed by atoms with Crippen LogP contribution in [0.1, 0.15) is 75.0 Å². The van der Waals surface area contributed by atoms with Crippen molar-refractivity contribution in [3.05, 3.63) is 59.2 Å². The molecule has 8 nitrogen and oxygen atoms in total. The lowest BCUT2D eigenvalue weighted by atomic mass is 9.95. The second-order valence-electron chi connectivity index (χ2n) is 10.9. The van der Waals surface area contributed by atoms with Crippen LogP contribution in [0.5, 0.6) is 5.75 Å². The van der Waals surface area contributed by atoms with Crippen LogP contribution in [0.2, 0.25) is 0 Å². The molecule has 2 aromatic carbocycles. The van der Waals surface area contributed by atoms with Crippen LogP contribution in [0.15, 0.2) is 42.5 Å². The number of hydrogen-bond donors (Lipinski definition) is 1. The molecule has 1 aliphatic carbocycles. The Bertz CT molecular complexity index is 1220. The highest BCUT2D eigenvalue weighted by atomic mass is 32.2. The van der Waals surface area contributed by atoms with Crippen molar-refractivity contribution in [2.45, 2.75) is 90.8 Å². The summed E-state index contributed by atoms with van der Waals surface area (Å²) in [4.78, 5) is 28.8. The SMILES string of the molecule is CC[C@H](C(=O)NC1CCCCC1)N(Cc1ccc(OC)cc1)C(=O)CCCN(c1cc(C)cc(C)c1)S(C)(=O)=O. The molecule has 2 aromatic rings. The summed E-state index contributed by atoms with van der Waals surface area (Å²) in [5.74, 6) is 0.426. The van der Waals surface area contributed by atoms with Crippen molar-refractivity contribution in [3.8, 4) is 5.75 Å². The smallest absolute Gasteiger partial charge is 0.243 e. The Labute approximate surface area is 240 Å². The molecule has 0 bridgehead atoms. The average molecular weight is 572 g/mol. The maximum Gasteiger partial charge on any atom is 0.243 e. The van der Waals surface area contributed by atoms with E-state index in [0.717, 1.165) is 48.1 Å². The van der Waals surface area contributed by atoms with Crippen LogP contribution >= 0.6 is 0 Å². The van der Waals surface area contributed by atoms with E-state index in [1.165, 1.54) is 17.0 Å². The maximum absolute atomic E-state index is 13.7. The summed E-state index contributed by atoms with van der Waals surface area (Å²) in [5, 5.41) is 3.20. The summed E-state index contributed by atoms with van der Waals surface area (Å²) < 4.78 is 31.9. The van der Waals surface area contributed by atoms with Gasteiger partial charge in [0, 0.05) is 25.6 Å². The molecule has 9 heteroatoms. The number of aryl methyl sites for hydroxylation is 2. The fraction of sp³-hybridized carbons (Fsp3) is 0.548. The van der Waals surface area contributed by atoms with Crippen LogP contribution in [0.3, 0.4) is 0 Å². The molecule has 0 radical (unpaired) electrons. The normalized spacial score (nSPS) is 14.8. The van der Waals surface area contributed by atoms with E-state index in [0.29, 0.717) is 18.5 Å². The van der Waals surface area contributed by atoms with Crippen molar-refractivity contribution < 1.29 is 22.7 Å². The molecule has 3 rings (SSSR count). The number of benzene rings is 2. The number of methoxy groups -OCH3 is 1. The van der Waals surface area contributed by atoms with Crippen molar-refractivity contribution in [1.82, 2.24) is 10.2 Å². The standard InChI is InChI=1S/C31H45N3O5S/c1-6-29(31(36)32-26-11-8-7-9-12-26)33(22-25-14-16-28(39-4)17-15-25)30(35)13-10-18-34(40(5,37)38)27-20-23(2)19-24(3)21-27/h14-17,19-21,26,29H,6-13,18,22H2,1-5H3,(H,32,36)/t29-/m1/s1. The van der Waals surface area contributed by atoms with Gasteiger partial charge in [0.1, 0.15) is 11.8 Å². The molecular weight excluding hydrogens is 526 g/mol. The Hall–Kier alpha value is -3.07. The van der Waals surface area contributed by atoms with Crippen LogP contribution in [-0.2, 0) is 26.2 Å². The van der Waals surface area contributed by atoms with Crippen molar-refractivity contribution in [1.29, 1.82) is 0 Å². The molecule has 1 N–H and O–H groups in total. The Kier molecular flexibility index (Phi) is 11.4. The van der Waals surface area contributed by atoms with Gasteiger partial charge in [0.05, 0.1) is 19.1 Å². The summed E-state index contributed by atoms with van der Waals surface area (Å²) >= 11 is 0. The molecular formula is C31H45N3O5S.